The molecule has 0 saturated heterocycles. The van der Waals surface area contributed by atoms with Crippen LogP contribution in [0.4, 0.5) is 10.2 Å². The van der Waals surface area contributed by atoms with Crippen molar-refractivity contribution >= 4 is 21.7 Å². The molecule has 3 rings (SSSR count). The summed E-state index contributed by atoms with van der Waals surface area (Å²) in [5.41, 5.74) is 7.67. The van der Waals surface area contributed by atoms with E-state index in [1.165, 1.54) is 25.0 Å². The third-order valence-electron chi connectivity index (χ3n) is 3.61. The molecule has 0 atom stereocenters. The number of nitrogen functional groups attached to an aromatic ring is 1. The molecule has 0 spiro atoms. The predicted octanol–water partition coefficient (Wildman–Crippen LogP) is 4.32. The lowest BCUT2D eigenvalue weighted by Gasteiger charge is -2.07. The Hall–Kier alpha value is -1.36. The van der Waals surface area contributed by atoms with Crippen molar-refractivity contribution in [3.8, 4) is 11.3 Å². The summed E-state index contributed by atoms with van der Waals surface area (Å²) in [6.07, 6.45) is 3.35. The van der Waals surface area contributed by atoms with Gasteiger partial charge < -0.3 is 10.3 Å². The second kappa shape index (κ2) is 5.20. The van der Waals surface area contributed by atoms with Gasteiger partial charge in [0.25, 0.3) is 0 Å². The molecular weight excluding hydrogens is 321 g/mol. The molecule has 1 fully saturated rings. The van der Waals surface area contributed by atoms with E-state index in [0.29, 0.717) is 17.4 Å². The molecule has 0 bridgehead atoms. The van der Waals surface area contributed by atoms with Gasteiger partial charge in [0.2, 0.25) is 0 Å². The Balaban J connectivity index is 2.13. The van der Waals surface area contributed by atoms with Gasteiger partial charge in [-0.2, -0.15) is 0 Å². The second-order valence-electron chi connectivity index (χ2n) is 5.25. The summed E-state index contributed by atoms with van der Waals surface area (Å²) in [6.45, 7) is 2.98. The van der Waals surface area contributed by atoms with Crippen LogP contribution in [0.1, 0.15) is 37.9 Å². The average Bonchev–Trinajstić information content (AvgIpc) is 3.21. The van der Waals surface area contributed by atoms with E-state index in [-0.39, 0.29) is 5.82 Å². The van der Waals surface area contributed by atoms with Crippen LogP contribution in [0.25, 0.3) is 11.3 Å². The maximum Gasteiger partial charge on any atom is 0.131 e. The molecule has 106 valence electrons. The van der Waals surface area contributed by atoms with Crippen molar-refractivity contribution in [2.75, 3.05) is 5.73 Å². The Bertz CT molecular complexity index is 647. The number of nitrogens with two attached hydrogens (primary N) is 1. The summed E-state index contributed by atoms with van der Waals surface area (Å²) >= 11 is 3.46. The standard InChI is InChI=1S/C15H17BrFN3/c1-2-7-20-14(18)13(19-15(20)9-3-4-9)11-8-10(17)5-6-12(11)16/h5-6,8-9H,2-4,7,18H2,1H3. The van der Waals surface area contributed by atoms with Gasteiger partial charge >= 0.3 is 0 Å². The van der Waals surface area contributed by atoms with E-state index in [0.717, 1.165) is 28.8 Å². The van der Waals surface area contributed by atoms with Crippen molar-refractivity contribution in [3.63, 3.8) is 0 Å². The van der Waals surface area contributed by atoms with E-state index in [9.17, 15) is 4.39 Å². The van der Waals surface area contributed by atoms with Crippen molar-refractivity contribution in [2.45, 2.75) is 38.6 Å². The Kier molecular flexibility index (Phi) is 3.54. The summed E-state index contributed by atoms with van der Waals surface area (Å²) in [5, 5.41) is 0. The van der Waals surface area contributed by atoms with Crippen molar-refractivity contribution in [2.24, 2.45) is 0 Å². The first-order chi connectivity index (χ1) is 9.61. The number of aromatic nitrogens is 2. The van der Waals surface area contributed by atoms with Gasteiger partial charge in [-0.25, -0.2) is 9.37 Å². The number of imidazole rings is 1. The fourth-order valence-corrected chi connectivity index (χ4v) is 2.91. The van der Waals surface area contributed by atoms with E-state index >= 15 is 0 Å². The first-order valence-corrected chi connectivity index (χ1v) is 7.72. The van der Waals surface area contributed by atoms with Gasteiger partial charge in [0.15, 0.2) is 0 Å². The minimum absolute atomic E-state index is 0.277. The SMILES string of the molecule is CCCn1c(C2CC2)nc(-c2cc(F)ccc2Br)c1N. The predicted molar refractivity (Wildman–Crippen MR) is 82.0 cm³/mol. The van der Waals surface area contributed by atoms with Gasteiger partial charge in [0.1, 0.15) is 23.2 Å². The van der Waals surface area contributed by atoms with E-state index in [4.69, 9.17) is 10.7 Å². The van der Waals surface area contributed by atoms with Gasteiger partial charge in [0.05, 0.1) is 0 Å². The van der Waals surface area contributed by atoms with E-state index in [1.807, 2.05) is 0 Å². The molecule has 1 aliphatic rings. The Morgan fingerprint density at radius 2 is 2.20 bits per heavy atom. The molecule has 20 heavy (non-hydrogen) atoms. The van der Waals surface area contributed by atoms with Crippen molar-refractivity contribution in [1.82, 2.24) is 9.55 Å². The topological polar surface area (TPSA) is 43.8 Å². The zero-order chi connectivity index (χ0) is 14.3. The van der Waals surface area contributed by atoms with Gasteiger partial charge in [0, 0.05) is 22.5 Å². The zero-order valence-corrected chi connectivity index (χ0v) is 13.0. The maximum absolute atomic E-state index is 13.5. The smallest absolute Gasteiger partial charge is 0.131 e. The second-order valence-corrected chi connectivity index (χ2v) is 6.11. The lowest BCUT2D eigenvalue weighted by atomic mass is 10.1. The van der Waals surface area contributed by atoms with E-state index < -0.39 is 0 Å². The van der Waals surface area contributed by atoms with Crippen LogP contribution in [0.3, 0.4) is 0 Å². The highest BCUT2D eigenvalue weighted by Gasteiger charge is 2.31. The molecule has 0 amide bonds. The van der Waals surface area contributed by atoms with Crippen LogP contribution >= 0.6 is 15.9 Å². The largest absolute Gasteiger partial charge is 0.383 e. The monoisotopic (exact) mass is 337 g/mol. The number of halogens is 2. The van der Waals surface area contributed by atoms with Crippen LogP contribution in [0.2, 0.25) is 0 Å². The van der Waals surface area contributed by atoms with Crippen molar-refractivity contribution in [1.29, 1.82) is 0 Å². The Labute approximate surface area is 126 Å². The number of anilines is 1. The van der Waals surface area contributed by atoms with Crippen LogP contribution in [0.5, 0.6) is 0 Å². The summed E-state index contributed by atoms with van der Waals surface area (Å²) in [5.74, 6) is 1.93. The minimum atomic E-state index is -0.277. The maximum atomic E-state index is 13.5. The first-order valence-electron chi connectivity index (χ1n) is 6.93. The summed E-state index contributed by atoms with van der Waals surface area (Å²) in [7, 11) is 0. The third-order valence-corrected chi connectivity index (χ3v) is 4.30. The van der Waals surface area contributed by atoms with Crippen LogP contribution in [0, 0.1) is 5.82 Å². The number of nitrogens with zero attached hydrogens (tertiary/aromatic N) is 2. The molecular formula is C15H17BrFN3. The quantitative estimate of drug-likeness (QED) is 0.902. The Morgan fingerprint density at radius 1 is 1.45 bits per heavy atom. The molecule has 1 aromatic carbocycles. The number of hydrogen-bond donors (Lipinski definition) is 1. The summed E-state index contributed by atoms with van der Waals surface area (Å²) < 4.78 is 16.4. The first kappa shape index (κ1) is 13.6. The van der Waals surface area contributed by atoms with Crippen molar-refractivity contribution < 1.29 is 4.39 Å². The molecule has 0 radical (unpaired) electrons. The Morgan fingerprint density at radius 3 is 2.85 bits per heavy atom. The molecule has 1 saturated carbocycles. The lowest BCUT2D eigenvalue weighted by molar-refractivity contribution is 0.628. The van der Waals surface area contributed by atoms with Crippen LogP contribution in [-0.4, -0.2) is 9.55 Å². The molecule has 0 unspecified atom stereocenters. The number of rotatable bonds is 4. The van der Waals surface area contributed by atoms with Crippen LogP contribution in [-0.2, 0) is 6.54 Å². The lowest BCUT2D eigenvalue weighted by Crippen LogP contribution is -2.06. The molecule has 3 nitrogen and oxygen atoms in total. The van der Waals surface area contributed by atoms with Gasteiger partial charge in [-0.3, -0.25) is 0 Å². The fourth-order valence-electron chi connectivity index (χ4n) is 2.47. The minimum Gasteiger partial charge on any atom is -0.383 e. The van der Waals surface area contributed by atoms with E-state index in [1.54, 1.807) is 6.07 Å². The molecule has 1 aliphatic carbocycles. The van der Waals surface area contributed by atoms with Gasteiger partial charge in [-0.05, 0) is 37.5 Å². The normalized spacial score (nSPS) is 14.8. The van der Waals surface area contributed by atoms with E-state index in [2.05, 4.69) is 27.4 Å². The summed E-state index contributed by atoms with van der Waals surface area (Å²) in [6, 6.07) is 4.60. The molecule has 2 aromatic rings. The van der Waals surface area contributed by atoms with Gasteiger partial charge in [-0.15, -0.1) is 0 Å². The molecule has 0 aliphatic heterocycles. The average molecular weight is 338 g/mol. The number of benzene rings is 1. The zero-order valence-electron chi connectivity index (χ0n) is 11.4. The highest BCUT2D eigenvalue weighted by atomic mass is 79.9. The highest BCUT2D eigenvalue weighted by Crippen LogP contribution is 2.43. The van der Waals surface area contributed by atoms with Crippen LogP contribution < -0.4 is 5.73 Å². The molecule has 1 heterocycles. The molecule has 2 N–H and O–H groups in total. The van der Waals surface area contributed by atoms with Crippen molar-refractivity contribution in [3.05, 3.63) is 34.3 Å². The third kappa shape index (κ3) is 2.35. The van der Waals surface area contributed by atoms with Crippen LogP contribution in [0.15, 0.2) is 22.7 Å². The highest BCUT2D eigenvalue weighted by molar-refractivity contribution is 9.10. The number of hydrogen-bond acceptors (Lipinski definition) is 2. The molecule has 1 aromatic heterocycles. The molecule has 5 heteroatoms. The van der Waals surface area contributed by atoms with Gasteiger partial charge in [-0.1, -0.05) is 22.9 Å². The summed E-state index contributed by atoms with van der Waals surface area (Å²) in [4.78, 5) is 4.70. The fraction of sp³-hybridized carbons (Fsp3) is 0.400.